The number of hydrogen-bond acceptors (Lipinski definition) is 2. The predicted molar refractivity (Wildman–Crippen MR) is 42.8 cm³/mol. The van der Waals surface area contributed by atoms with Crippen LogP contribution >= 0.6 is 0 Å². The van der Waals surface area contributed by atoms with Crippen LogP contribution in [0.3, 0.4) is 0 Å². The molecule has 1 fully saturated rings. The van der Waals surface area contributed by atoms with Gasteiger partial charge in [0.25, 0.3) is 0 Å². The molecule has 0 unspecified atom stereocenters. The predicted octanol–water partition coefficient (Wildman–Crippen LogP) is 1.39. The fourth-order valence-corrected chi connectivity index (χ4v) is 1.71. The molecular formula is C8H12F3NO2. The highest BCUT2D eigenvalue weighted by Crippen LogP contribution is 2.30. The van der Waals surface area contributed by atoms with Crippen molar-refractivity contribution in [2.45, 2.75) is 38.0 Å². The van der Waals surface area contributed by atoms with Crippen LogP contribution in [0.1, 0.15) is 19.8 Å². The van der Waals surface area contributed by atoms with Gasteiger partial charge in [0.15, 0.2) is 0 Å². The molecule has 1 rings (SSSR count). The summed E-state index contributed by atoms with van der Waals surface area (Å²) in [5.74, 6) is -1.75. The fraction of sp³-hybridized carbons (Fsp3) is 0.875. The minimum atomic E-state index is -4.28. The van der Waals surface area contributed by atoms with Gasteiger partial charge in [0.1, 0.15) is 6.04 Å². The van der Waals surface area contributed by atoms with Gasteiger partial charge in [-0.3, -0.25) is 4.79 Å². The number of rotatable bonds is 1. The summed E-state index contributed by atoms with van der Waals surface area (Å²) in [5, 5.41) is 11.0. The third-order valence-corrected chi connectivity index (χ3v) is 2.55. The van der Waals surface area contributed by atoms with E-state index < -0.39 is 30.1 Å². The van der Waals surface area contributed by atoms with E-state index in [1.807, 2.05) is 0 Å². The van der Waals surface area contributed by atoms with Crippen LogP contribution in [-0.4, -0.2) is 29.3 Å². The number of aliphatic carboxylic acids is 1. The second kappa shape index (κ2) is 3.76. The van der Waals surface area contributed by atoms with Crippen molar-refractivity contribution in [2.75, 3.05) is 0 Å². The van der Waals surface area contributed by atoms with Crippen molar-refractivity contribution in [1.82, 2.24) is 5.32 Å². The maximum absolute atomic E-state index is 12.2. The Morgan fingerprint density at radius 1 is 1.43 bits per heavy atom. The zero-order valence-corrected chi connectivity index (χ0v) is 7.64. The highest BCUT2D eigenvalue weighted by Gasteiger charge is 2.44. The smallest absolute Gasteiger partial charge is 0.403 e. The van der Waals surface area contributed by atoms with Crippen molar-refractivity contribution in [1.29, 1.82) is 0 Å². The second-order valence-electron chi connectivity index (χ2n) is 3.57. The number of carbonyl (C=O) groups is 1. The SMILES string of the molecule is C[C@@H]1N[C@H](C(F)(F)F)CC[C@H]1C(=O)O. The normalized spacial score (nSPS) is 34.1. The van der Waals surface area contributed by atoms with Gasteiger partial charge in [-0.25, -0.2) is 0 Å². The van der Waals surface area contributed by atoms with Crippen molar-refractivity contribution in [2.24, 2.45) is 5.92 Å². The molecule has 0 aliphatic carbocycles. The molecule has 14 heavy (non-hydrogen) atoms. The van der Waals surface area contributed by atoms with Crippen LogP contribution in [0.4, 0.5) is 13.2 Å². The molecule has 2 N–H and O–H groups in total. The van der Waals surface area contributed by atoms with E-state index in [0.29, 0.717) is 0 Å². The zero-order chi connectivity index (χ0) is 10.9. The molecule has 1 heterocycles. The Morgan fingerprint density at radius 3 is 2.36 bits per heavy atom. The fourth-order valence-electron chi connectivity index (χ4n) is 1.71. The molecule has 0 aromatic rings. The number of hydrogen-bond donors (Lipinski definition) is 2. The summed E-state index contributed by atoms with van der Waals surface area (Å²) in [5.41, 5.74) is 0. The quantitative estimate of drug-likeness (QED) is 0.689. The first-order valence-electron chi connectivity index (χ1n) is 4.38. The lowest BCUT2D eigenvalue weighted by molar-refractivity contribution is -0.170. The Labute approximate surface area is 79.3 Å². The van der Waals surface area contributed by atoms with Gasteiger partial charge in [0.05, 0.1) is 5.92 Å². The topological polar surface area (TPSA) is 49.3 Å². The van der Waals surface area contributed by atoms with Gasteiger partial charge < -0.3 is 10.4 Å². The van der Waals surface area contributed by atoms with E-state index in [1.54, 1.807) is 0 Å². The summed E-state index contributed by atoms with van der Waals surface area (Å²) < 4.78 is 36.7. The molecule has 1 aliphatic heterocycles. The highest BCUT2D eigenvalue weighted by molar-refractivity contribution is 5.71. The Kier molecular flexibility index (Phi) is 3.04. The first-order valence-corrected chi connectivity index (χ1v) is 4.38. The average Bonchev–Trinajstić information content (AvgIpc) is 2.01. The highest BCUT2D eigenvalue weighted by atomic mass is 19.4. The largest absolute Gasteiger partial charge is 0.481 e. The summed E-state index contributed by atoms with van der Waals surface area (Å²) in [6.45, 7) is 1.47. The maximum Gasteiger partial charge on any atom is 0.403 e. The van der Waals surface area contributed by atoms with Gasteiger partial charge in [-0.2, -0.15) is 13.2 Å². The van der Waals surface area contributed by atoms with E-state index in [-0.39, 0.29) is 12.8 Å². The molecule has 0 saturated carbocycles. The summed E-state index contributed by atoms with van der Waals surface area (Å²) in [6, 6.07) is -2.19. The Hall–Kier alpha value is -0.780. The third-order valence-electron chi connectivity index (χ3n) is 2.55. The number of nitrogens with one attached hydrogen (secondary N) is 1. The van der Waals surface area contributed by atoms with Gasteiger partial charge in [-0.05, 0) is 19.8 Å². The zero-order valence-electron chi connectivity index (χ0n) is 7.64. The molecule has 0 aromatic carbocycles. The minimum absolute atomic E-state index is 0.0771. The summed E-state index contributed by atoms with van der Waals surface area (Å²) in [4.78, 5) is 10.6. The van der Waals surface area contributed by atoms with E-state index in [2.05, 4.69) is 5.32 Å². The van der Waals surface area contributed by atoms with Crippen LogP contribution in [0, 0.1) is 5.92 Å². The van der Waals surface area contributed by atoms with Crippen molar-refractivity contribution < 1.29 is 23.1 Å². The van der Waals surface area contributed by atoms with Crippen LogP contribution in [0.2, 0.25) is 0 Å². The van der Waals surface area contributed by atoms with E-state index in [1.165, 1.54) is 6.92 Å². The standard InChI is InChI=1S/C8H12F3NO2/c1-4-5(7(13)14)2-3-6(12-4)8(9,10)11/h4-6,12H,2-3H2,1H3,(H,13,14)/t4-,5+,6-/m0/s1. The number of alkyl halides is 3. The molecule has 0 amide bonds. The summed E-state index contributed by atoms with van der Waals surface area (Å²) in [6.07, 6.45) is -4.36. The Bertz CT molecular complexity index is 229. The second-order valence-corrected chi connectivity index (χ2v) is 3.57. The van der Waals surface area contributed by atoms with Gasteiger partial charge in [-0.1, -0.05) is 0 Å². The van der Waals surface area contributed by atoms with Crippen LogP contribution < -0.4 is 5.32 Å². The van der Waals surface area contributed by atoms with Crippen LogP contribution in [0.5, 0.6) is 0 Å². The van der Waals surface area contributed by atoms with E-state index in [9.17, 15) is 18.0 Å². The molecule has 0 radical (unpaired) electrons. The molecule has 0 spiro atoms. The first kappa shape index (κ1) is 11.3. The van der Waals surface area contributed by atoms with Crippen molar-refractivity contribution >= 4 is 5.97 Å². The lowest BCUT2D eigenvalue weighted by atomic mass is 9.88. The van der Waals surface area contributed by atoms with Crippen molar-refractivity contribution in [3.63, 3.8) is 0 Å². The van der Waals surface area contributed by atoms with E-state index >= 15 is 0 Å². The first-order chi connectivity index (χ1) is 6.32. The Morgan fingerprint density at radius 2 is 2.00 bits per heavy atom. The molecule has 3 atom stereocenters. The monoisotopic (exact) mass is 211 g/mol. The number of piperidine rings is 1. The van der Waals surface area contributed by atoms with Gasteiger partial charge in [-0.15, -0.1) is 0 Å². The lowest BCUT2D eigenvalue weighted by Gasteiger charge is -2.34. The van der Waals surface area contributed by atoms with Crippen molar-refractivity contribution in [3.8, 4) is 0 Å². The van der Waals surface area contributed by atoms with E-state index in [0.717, 1.165) is 0 Å². The third kappa shape index (κ3) is 2.37. The molecule has 1 aliphatic rings. The van der Waals surface area contributed by atoms with E-state index in [4.69, 9.17) is 5.11 Å². The van der Waals surface area contributed by atoms with Crippen LogP contribution in [0.25, 0.3) is 0 Å². The summed E-state index contributed by atoms with van der Waals surface area (Å²) in [7, 11) is 0. The molecule has 6 heteroatoms. The molecule has 0 bridgehead atoms. The Balaban J connectivity index is 2.60. The number of carboxylic acid groups (broad SMARTS) is 1. The molecule has 0 aromatic heterocycles. The van der Waals surface area contributed by atoms with Gasteiger partial charge in [0, 0.05) is 6.04 Å². The van der Waals surface area contributed by atoms with Gasteiger partial charge in [0.2, 0.25) is 0 Å². The van der Waals surface area contributed by atoms with Gasteiger partial charge >= 0.3 is 12.1 Å². The number of carboxylic acids is 1. The van der Waals surface area contributed by atoms with Crippen LogP contribution in [-0.2, 0) is 4.79 Å². The van der Waals surface area contributed by atoms with Crippen molar-refractivity contribution in [3.05, 3.63) is 0 Å². The average molecular weight is 211 g/mol. The number of halogens is 3. The summed E-state index contributed by atoms with van der Waals surface area (Å²) >= 11 is 0. The molecule has 1 saturated heterocycles. The molecule has 82 valence electrons. The molecule has 3 nitrogen and oxygen atoms in total. The minimum Gasteiger partial charge on any atom is -0.481 e. The van der Waals surface area contributed by atoms with Crippen LogP contribution in [0.15, 0.2) is 0 Å². The lowest BCUT2D eigenvalue weighted by Crippen LogP contribution is -2.54. The maximum atomic E-state index is 12.2. The molecular weight excluding hydrogens is 199 g/mol.